The fourth-order valence-electron chi connectivity index (χ4n) is 3.08. The molecule has 0 bridgehead atoms. The van der Waals surface area contributed by atoms with Gasteiger partial charge in [-0.25, -0.2) is 8.42 Å². The number of phenols is 1. The lowest BCUT2D eigenvalue weighted by atomic mass is 9.97. The summed E-state index contributed by atoms with van der Waals surface area (Å²) >= 11 is 5.89. The number of rotatable bonds is 6. The van der Waals surface area contributed by atoms with Crippen molar-refractivity contribution in [2.24, 2.45) is 0 Å². The maximum absolute atomic E-state index is 12.8. The average Bonchev–Trinajstić information content (AvgIpc) is 3.03. The molecule has 0 radical (unpaired) electrons. The summed E-state index contributed by atoms with van der Waals surface area (Å²) in [5.41, 5.74) is 3.54. The molecule has 1 heterocycles. The predicted octanol–water partition coefficient (Wildman–Crippen LogP) is 4.44. The van der Waals surface area contributed by atoms with E-state index in [0.717, 1.165) is 23.1 Å². The molecule has 2 aromatic carbocycles. The third-order valence-electron chi connectivity index (χ3n) is 4.65. The Balaban J connectivity index is 1.88. The van der Waals surface area contributed by atoms with E-state index in [2.05, 4.69) is 9.71 Å². The van der Waals surface area contributed by atoms with E-state index in [9.17, 15) is 18.3 Å². The highest BCUT2D eigenvalue weighted by atomic mass is 35.5. The van der Waals surface area contributed by atoms with Crippen LogP contribution in [0.5, 0.6) is 5.75 Å². The van der Waals surface area contributed by atoms with Gasteiger partial charge in [0.15, 0.2) is 0 Å². The van der Waals surface area contributed by atoms with Crippen molar-refractivity contribution >= 4 is 33.1 Å². The molecule has 8 heteroatoms. The van der Waals surface area contributed by atoms with E-state index in [-0.39, 0.29) is 23.1 Å². The number of carbonyl (C=O) groups excluding carboxylic acids is 1. The molecule has 0 saturated carbocycles. The molecule has 1 aromatic heterocycles. The molecule has 0 amide bonds. The maximum atomic E-state index is 12.8. The summed E-state index contributed by atoms with van der Waals surface area (Å²) in [4.78, 5) is 16.0. The lowest BCUT2D eigenvalue weighted by Crippen LogP contribution is -2.10. The van der Waals surface area contributed by atoms with Crippen LogP contribution in [0.15, 0.2) is 48.5 Å². The Bertz CT molecular complexity index is 1170. The summed E-state index contributed by atoms with van der Waals surface area (Å²) in [7, 11) is -3.49. The summed E-state index contributed by atoms with van der Waals surface area (Å²) < 4.78 is 25.0. The second kappa shape index (κ2) is 7.93. The number of hydrogen-bond acceptors (Lipinski definition) is 4. The minimum Gasteiger partial charge on any atom is -0.506 e. The highest BCUT2D eigenvalue weighted by Crippen LogP contribution is 2.32. The zero-order chi connectivity index (χ0) is 21.3. The van der Waals surface area contributed by atoms with Crippen LogP contribution in [-0.4, -0.2) is 30.5 Å². The molecule has 0 aliphatic heterocycles. The molecule has 3 N–H and O–H groups in total. The minimum absolute atomic E-state index is 0.115. The molecule has 6 nitrogen and oxygen atoms in total. The zero-order valence-electron chi connectivity index (χ0n) is 16.2. The van der Waals surface area contributed by atoms with Crippen LogP contribution >= 0.6 is 11.6 Å². The fourth-order valence-corrected chi connectivity index (χ4v) is 3.78. The number of aromatic hydroxyl groups is 1. The van der Waals surface area contributed by atoms with Gasteiger partial charge in [0.2, 0.25) is 15.8 Å². The van der Waals surface area contributed by atoms with Gasteiger partial charge in [0, 0.05) is 22.2 Å². The topological polar surface area (TPSA) is 99.3 Å². The number of carbonyl (C=O) groups is 1. The van der Waals surface area contributed by atoms with Crippen molar-refractivity contribution in [3.8, 4) is 5.75 Å². The standard InChI is InChI=1S/C21H21ClN2O4S/c1-12-10-18(23-20(12)21(26)14-4-7-16(22)8-5-14)13(2)15-6-9-17(19(25)11-15)24-29(3,27)28/h4-11,13,23-25H,1-3H3. The first kappa shape index (κ1) is 21.0. The van der Waals surface area contributed by atoms with E-state index in [1.54, 1.807) is 30.3 Å². The van der Waals surface area contributed by atoms with Crippen LogP contribution in [0.25, 0.3) is 0 Å². The fraction of sp³-hybridized carbons (Fsp3) is 0.190. The lowest BCUT2D eigenvalue weighted by Gasteiger charge is -2.13. The van der Waals surface area contributed by atoms with Crippen molar-refractivity contribution in [1.82, 2.24) is 4.98 Å². The minimum atomic E-state index is -3.49. The lowest BCUT2D eigenvalue weighted by molar-refractivity contribution is 0.103. The first-order valence-corrected chi connectivity index (χ1v) is 11.1. The average molecular weight is 433 g/mol. The molecule has 3 rings (SSSR count). The van der Waals surface area contributed by atoms with Gasteiger partial charge in [0.05, 0.1) is 17.6 Å². The Kier molecular flexibility index (Phi) is 5.73. The van der Waals surface area contributed by atoms with Gasteiger partial charge in [-0.3, -0.25) is 9.52 Å². The van der Waals surface area contributed by atoms with Gasteiger partial charge in [-0.2, -0.15) is 0 Å². The van der Waals surface area contributed by atoms with Gasteiger partial charge in [0.1, 0.15) is 5.75 Å². The van der Waals surface area contributed by atoms with Crippen LogP contribution in [0.2, 0.25) is 5.02 Å². The maximum Gasteiger partial charge on any atom is 0.229 e. The van der Waals surface area contributed by atoms with Crippen LogP contribution in [0, 0.1) is 6.92 Å². The number of nitrogens with one attached hydrogen (secondary N) is 2. The second-order valence-corrected chi connectivity index (χ2v) is 9.18. The highest BCUT2D eigenvalue weighted by molar-refractivity contribution is 7.92. The van der Waals surface area contributed by atoms with Crippen LogP contribution in [0.1, 0.15) is 45.7 Å². The number of anilines is 1. The number of aromatic amines is 1. The molecule has 0 saturated heterocycles. The van der Waals surface area contributed by atoms with E-state index < -0.39 is 10.0 Å². The summed E-state index contributed by atoms with van der Waals surface area (Å²) in [6.45, 7) is 3.78. The zero-order valence-corrected chi connectivity index (χ0v) is 17.7. The number of aromatic nitrogens is 1. The highest BCUT2D eigenvalue weighted by Gasteiger charge is 2.19. The number of H-pyrrole nitrogens is 1. The number of aryl methyl sites for hydroxylation is 1. The largest absolute Gasteiger partial charge is 0.506 e. The first-order chi connectivity index (χ1) is 13.5. The molecule has 0 aliphatic carbocycles. The number of phenolic OH excluding ortho intramolecular Hbond substituents is 1. The Morgan fingerprint density at radius 1 is 1.14 bits per heavy atom. The molecule has 0 fully saturated rings. The van der Waals surface area contributed by atoms with Crippen molar-refractivity contribution in [1.29, 1.82) is 0 Å². The molecule has 1 unspecified atom stereocenters. The van der Waals surface area contributed by atoms with Crippen molar-refractivity contribution in [3.63, 3.8) is 0 Å². The molecular formula is C21H21ClN2O4S. The number of sulfonamides is 1. The van der Waals surface area contributed by atoms with Crippen molar-refractivity contribution in [2.75, 3.05) is 11.0 Å². The van der Waals surface area contributed by atoms with Crippen LogP contribution in [0.3, 0.4) is 0 Å². The van der Waals surface area contributed by atoms with E-state index in [1.165, 1.54) is 12.1 Å². The van der Waals surface area contributed by atoms with Gasteiger partial charge in [-0.05, 0) is 60.5 Å². The smallest absolute Gasteiger partial charge is 0.229 e. The predicted molar refractivity (Wildman–Crippen MR) is 115 cm³/mol. The van der Waals surface area contributed by atoms with Crippen LogP contribution < -0.4 is 4.72 Å². The van der Waals surface area contributed by atoms with Crippen molar-refractivity contribution < 1.29 is 18.3 Å². The summed E-state index contributed by atoms with van der Waals surface area (Å²) in [5, 5.41) is 10.7. The molecule has 152 valence electrons. The molecule has 29 heavy (non-hydrogen) atoms. The normalized spacial score (nSPS) is 12.6. The number of halogens is 1. The van der Waals surface area contributed by atoms with Gasteiger partial charge in [0.25, 0.3) is 0 Å². The Labute approximate surface area is 174 Å². The Morgan fingerprint density at radius 3 is 2.38 bits per heavy atom. The Morgan fingerprint density at radius 2 is 1.79 bits per heavy atom. The number of hydrogen-bond donors (Lipinski definition) is 3. The molecule has 3 aromatic rings. The summed E-state index contributed by atoms with van der Waals surface area (Å²) in [6.07, 6.45) is 1.02. The van der Waals surface area contributed by atoms with E-state index in [4.69, 9.17) is 11.6 Å². The van der Waals surface area contributed by atoms with Gasteiger partial charge in [-0.1, -0.05) is 24.6 Å². The summed E-state index contributed by atoms with van der Waals surface area (Å²) in [6, 6.07) is 13.4. The van der Waals surface area contributed by atoms with Crippen molar-refractivity contribution in [3.05, 3.63) is 81.6 Å². The quantitative estimate of drug-likeness (QED) is 0.396. The third-order valence-corrected chi connectivity index (χ3v) is 5.50. The molecule has 1 atom stereocenters. The first-order valence-electron chi connectivity index (χ1n) is 8.85. The Hall–Kier alpha value is -2.77. The third kappa shape index (κ3) is 4.81. The molecular weight excluding hydrogens is 412 g/mol. The monoisotopic (exact) mass is 432 g/mol. The van der Waals surface area contributed by atoms with E-state index in [0.29, 0.717) is 16.3 Å². The SMILES string of the molecule is Cc1cc(C(C)c2ccc(NS(C)(=O)=O)c(O)c2)[nH]c1C(=O)c1ccc(Cl)cc1. The van der Waals surface area contributed by atoms with Crippen LogP contribution in [0.4, 0.5) is 5.69 Å². The van der Waals surface area contributed by atoms with E-state index in [1.807, 2.05) is 19.9 Å². The van der Waals surface area contributed by atoms with E-state index >= 15 is 0 Å². The van der Waals surface area contributed by atoms with Gasteiger partial charge < -0.3 is 10.1 Å². The molecule has 0 spiro atoms. The second-order valence-electron chi connectivity index (χ2n) is 6.99. The van der Waals surface area contributed by atoms with Gasteiger partial charge >= 0.3 is 0 Å². The van der Waals surface area contributed by atoms with Crippen LogP contribution in [-0.2, 0) is 10.0 Å². The number of benzene rings is 2. The van der Waals surface area contributed by atoms with Gasteiger partial charge in [-0.15, -0.1) is 0 Å². The van der Waals surface area contributed by atoms with Crippen molar-refractivity contribution in [2.45, 2.75) is 19.8 Å². The number of ketones is 1. The molecule has 0 aliphatic rings. The summed E-state index contributed by atoms with van der Waals surface area (Å²) in [5.74, 6) is -0.452.